The highest BCUT2D eigenvalue weighted by atomic mass is 16.2. The van der Waals surface area contributed by atoms with Gasteiger partial charge in [0, 0.05) is 12.6 Å². The molecule has 0 aliphatic carbocycles. The standard InChI is InChI=1S/C22H24N2O2/c25-21-18-11-4-5-12-19(18)22(26)24(21)16-7-6-14-23-15-8-13-20(23)17-9-2-1-3-10-17/h1-5,9-12,20H,6-8,13-16H2. The quantitative estimate of drug-likeness (QED) is 0.587. The van der Waals surface area contributed by atoms with Gasteiger partial charge in [-0.2, -0.15) is 0 Å². The van der Waals surface area contributed by atoms with Gasteiger partial charge in [-0.15, -0.1) is 0 Å². The Morgan fingerprint density at radius 1 is 0.808 bits per heavy atom. The Morgan fingerprint density at radius 2 is 1.42 bits per heavy atom. The van der Waals surface area contributed by atoms with Crippen LogP contribution in [0.4, 0.5) is 0 Å². The average Bonchev–Trinajstić information content (AvgIpc) is 3.24. The summed E-state index contributed by atoms with van der Waals surface area (Å²) in [4.78, 5) is 28.7. The highest BCUT2D eigenvalue weighted by Gasteiger charge is 2.34. The largest absolute Gasteiger partial charge is 0.296 e. The molecular formula is C22H24N2O2. The molecule has 2 amide bonds. The predicted molar refractivity (Wildman–Crippen MR) is 101 cm³/mol. The lowest BCUT2D eigenvalue weighted by molar-refractivity contribution is 0.0650. The van der Waals surface area contributed by atoms with Gasteiger partial charge in [-0.25, -0.2) is 0 Å². The summed E-state index contributed by atoms with van der Waals surface area (Å²) in [6.45, 7) is 2.66. The maximum Gasteiger partial charge on any atom is 0.261 e. The van der Waals surface area contributed by atoms with Crippen LogP contribution in [0, 0.1) is 0 Å². The Balaban J connectivity index is 1.30. The summed E-state index contributed by atoms with van der Waals surface area (Å²) in [6, 6.07) is 18.3. The fourth-order valence-corrected chi connectivity index (χ4v) is 4.17. The molecule has 26 heavy (non-hydrogen) atoms. The van der Waals surface area contributed by atoms with Crippen molar-refractivity contribution in [3.05, 3.63) is 71.3 Å². The number of fused-ring (bicyclic) bond motifs is 1. The van der Waals surface area contributed by atoms with Crippen molar-refractivity contribution in [1.29, 1.82) is 0 Å². The lowest BCUT2D eigenvalue weighted by Crippen LogP contribution is -2.31. The van der Waals surface area contributed by atoms with Gasteiger partial charge in [-0.05, 0) is 56.5 Å². The van der Waals surface area contributed by atoms with Gasteiger partial charge in [0.2, 0.25) is 0 Å². The number of likely N-dealkylation sites (tertiary alicyclic amines) is 1. The Bertz CT molecular complexity index is 768. The van der Waals surface area contributed by atoms with E-state index in [1.807, 2.05) is 12.1 Å². The molecule has 1 unspecified atom stereocenters. The van der Waals surface area contributed by atoms with Crippen LogP contribution in [-0.4, -0.2) is 41.2 Å². The maximum absolute atomic E-state index is 12.4. The molecule has 4 heteroatoms. The van der Waals surface area contributed by atoms with Crippen molar-refractivity contribution >= 4 is 11.8 Å². The van der Waals surface area contributed by atoms with Crippen LogP contribution in [0.25, 0.3) is 0 Å². The zero-order chi connectivity index (χ0) is 17.9. The molecule has 0 bridgehead atoms. The molecule has 1 fully saturated rings. The molecule has 2 aromatic rings. The summed E-state index contributed by atoms with van der Waals surface area (Å²) in [5, 5.41) is 0. The minimum atomic E-state index is -0.145. The molecule has 134 valence electrons. The van der Waals surface area contributed by atoms with Gasteiger partial charge in [0.25, 0.3) is 11.8 Å². The molecule has 0 aromatic heterocycles. The smallest absolute Gasteiger partial charge is 0.261 e. The van der Waals surface area contributed by atoms with Crippen molar-refractivity contribution in [3.63, 3.8) is 0 Å². The van der Waals surface area contributed by atoms with Crippen molar-refractivity contribution < 1.29 is 9.59 Å². The van der Waals surface area contributed by atoms with Gasteiger partial charge in [-0.3, -0.25) is 19.4 Å². The topological polar surface area (TPSA) is 40.6 Å². The summed E-state index contributed by atoms with van der Waals surface area (Å²) >= 11 is 0. The second-order valence-electron chi connectivity index (χ2n) is 7.12. The maximum atomic E-state index is 12.4. The highest BCUT2D eigenvalue weighted by Crippen LogP contribution is 2.31. The first-order valence-corrected chi connectivity index (χ1v) is 9.50. The lowest BCUT2D eigenvalue weighted by atomic mass is 10.0. The molecule has 2 heterocycles. The average molecular weight is 348 g/mol. The predicted octanol–water partition coefficient (Wildman–Crippen LogP) is 3.90. The van der Waals surface area contributed by atoms with Crippen LogP contribution in [0.2, 0.25) is 0 Å². The van der Waals surface area contributed by atoms with E-state index in [2.05, 4.69) is 35.2 Å². The third-order valence-corrected chi connectivity index (χ3v) is 5.50. The SMILES string of the molecule is O=C1c2ccccc2C(=O)N1CCCCN1CCCC1c1ccccc1. The van der Waals surface area contributed by atoms with Crippen LogP contribution in [0.3, 0.4) is 0 Å². The van der Waals surface area contributed by atoms with E-state index in [0.717, 1.165) is 25.9 Å². The van der Waals surface area contributed by atoms with E-state index in [1.54, 1.807) is 12.1 Å². The van der Waals surface area contributed by atoms with E-state index in [1.165, 1.54) is 23.3 Å². The Labute approximate surface area is 154 Å². The Morgan fingerprint density at radius 3 is 2.12 bits per heavy atom. The normalized spacial score (nSPS) is 20.0. The molecular weight excluding hydrogens is 324 g/mol. The van der Waals surface area contributed by atoms with E-state index < -0.39 is 0 Å². The number of imide groups is 1. The van der Waals surface area contributed by atoms with E-state index >= 15 is 0 Å². The monoisotopic (exact) mass is 348 g/mol. The molecule has 2 aliphatic heterocycles. The molecule has 4 nitrogen and oxygen atoms in total. The van der Waals surface area contributed by atoms with E-state index in [0.29, 0.717) is 23.7 Å². The van der Waals surface area contributed by atoms with Crippen LogP contribution in [0.5, 0.6) is 0 Å². The molecule has 1 atom stereocenters. The zero-order valence-corrected chi connectivity index (χ0v) is 14.9. The third kappa shape index (κ3) is 3.17. The van der Waals surface area contributed by atoms with Gasteiger partial charge in [-0.1, -0.05) is 42.5 Å². The molecule has 2 aliphatic rings. The van der Waals surface area contributed by atoms with Crippen molar-refractivity contribution in [2.24, 2.45) is 0 Å². The number of carbonyl (C=O) groups excluding carboxylic acids is 2. The first-order valence-electron chi connectivity index (χ1n) is 9.50. The van der Waals surface area contributed by atoms with E-state index in [9.17, 15) is 9.59 Å². The van der Waals surface area contributed by atoms with Crippen LogP contribution in [0.1, 0.15) is 58.0 Å². The third-order valence-electron chi connectivity index (χ3n) is 5.50. The fraction of sp³-hybridized carbons (Fsp3) is 0.364. The van der Waals surface area contributed by atoms with Crippen LogP contribution < -0.4 is 0 Å². The Kier molecular flexibility index (Phi) is 4.85. The molecule has 0 N–H and O–H groups in total. The number of unbranched alkanes of at least 4 members (excludes halogenated alkanes) is 1. The van der Waals surface area contributed by atoms with E-state index in [4.69, 9.17) is 0 Å². The second kappa shape index (κ2) is 7.42. The van der Waals surface area contributed by atoms with Crippen molar-refractivity contribution in [2.75, 3.05) is 19.6 Å². The Hall–Kier alpha value is -2.46. The summed E-state index contributed by atoms with van der Waals surface area (Å²) in [6.07, 6.45) is 4.29. The van der Waals surface area contributed by atoms with Crippen molar-refractivity contribution in [1.82, 2.24) is 9.80 Å². The number of rotatable bonds is 6. The fourth-order valence-electron chi connectivity index (χ4n) is 4.17. The minimum Gasteiger partial charge on any atom is -0.296 e. The van der Waals surface area contributed by atoms with Gasteiger partial charge in [0.15, 0.2) is 0 Å². The summed E-state index contributed by atoms with van der Waals surface area (Å²) in [7, 11) is 0. The molecule has 1 saturated heterocycles. The zero-order valence-electron chi connectivity index (χ0n) is 14.9. The van der Waals surface area contributed by atoms with Gasteiger partial charge in [0.05, 0.1) is 11.1 Å². The minimum absolute atomic E-state index is 0.145. The molecule has 0 radical (unpaired) electrons. The van der Waals surface area contributed by atoms with Crippen LogP contribution in [-0.2, 0) is 0 Å². The number of nitrogens with zero attached hydrogens (tertiary/aromatic N) is 2. The van der Waals surface area contributed by atoms with E-state index in [-0.39, 0.29) is 11.8 Å². The first kappa shape index (κ1) is 17.0. The van der Waals surface area contributed by atoms with Crippen LogP contribution >= 0.6 is 0 Å². The first-order chi connectivity index (χ1) is 12.8. The molecule has 2 aromatic carbocycles. The highest BCUT2D eigenvalue weighted by molar-refractivity contribution is 6.21. The van der Waals surface area contributed by atoms with Crippen molar-refractivity contribution in [2.45, 2.75) is 31.7 Å². The number of hydrogen-bond donors (Lipinski definition) is 0. The van der Waals surface area contributed by atoms with Gasteiger partial charge < -0.3 is 0 Å². The molecule has 4 rings (SSSR count). The van der Waals surface area contributed by atoms with Crippen molar-refractivity contribution in [3.8, 4) is 0 Å². The van der Waals surface area contributed by atoms with Gasteiger partial charge in [0.1, 0.15) is 0 Å². The molecule has 0 spiro atoms. The number of benzene rings is 2. The number of amides is 2. The van der Waals surface area contributed by atoms with Gasteiger partial charge >= 0.3 is 0 Å². The molecule has 0 saturated carbocycles. The summed E-state index contributed by atoms with van der Waals surface area (Å²) < 4.78 is 0. The van der Waals surface area contributed by atoms with Crippen LogP contribution in [0.15, 0.2) is 54.6 Å². The second-order valence-corrected chi connectivity index (χ2v) is 7.12. The summed E-state index contributed by atoms with van der Waals surface area (Å²) in [5.74, 6) is -0.289. The summed E-state index contributed by atoms with van der Waals surface area (Å²) in [5.41, 5.74) is 2.48. The number of hydrogen-bond acceptors (Lipinski definition) is 3. The lowest BCUT2D eigenvalue weighted by Gasteiger charge is -2.25. The number of carbonyl (C=O) groups is 2.